The lowest BCUT2D eigenvalue weighted by Crippen LogP contribution is -2.33. The van der Waals surface area contributed by atoms with Crippen LogP contribution in [0.4, 0.5) is 5.82 Å². The van der Waals surface area contributed by atoms with E-state index in [1.54, 1.807) is 0 Å². The largest absolute Gasteiger partial charge is 0.369 e. The van der Waals surface area contributed by atoms with Gasteiger partial charge in [-0.3, -0.25) is 9.88 Å². The molecule has 1 saturated heterocycles. The van der Waals surface area contributed by atoms with E-state index >= 15 is 0 Å². The first-order chi connectivity index (χ1) is 14.3. The third-order valence-electron chi connectivity index (χ3n) is 6.25. The fourth-order valence-electron chi connectivity index (χ4n) is 4.51. The van der Waals surface area contributed by atoms with Crippen LogP contribution in [0.5, 0.6) is 0 Å². The Morgan fingerprint density at radius 2 is 2.07 bits per heavy atom. The zero-order chi connectivity index (χ0) is 19.6. The lowest BCUT2D eigenvalue weighted by atomic mass is 9.99. The molecule has 0 radical (unpaired) electrons. The Morgan fingerprint density at radius 3 is 2.90 bits per heavy atom. The van der Waals surface area contributed by atoms with Crippen molar-refractivity contribution in [3.05, 3.63) is 46.4 Å². The summed E-state index contributed by atoms with van der Waals surface area (Å²) in [5.41, 5.74) is 2.60. The summed E-state index contributed by atoms with van der Waals surface area (Å²) >= 11 is 1.89. The third kappa shape index (κ3) is 4.14. The number of aromatic nitrogens is 3. The van der Waals surface area contributed by atoms with Crippen molar-refractivity contribution in [1.82, 2.24) is 19.9 Å². The van der Waals surface area contributed by atoms with Gasteiger partial charge in [0.1, 0.15) is 16.5 Å². The van der Waals surface area contributed by atoms with E-state index in [9.17, 15) is 0 Å². The smallest absolute Gasteiger partial charge is 0.146 e. The van der Waals surface area contributed by atoms with E-state index in [1.165, 1.54) is 46.3 Å². The first kappa shape index (κ1) is 18.9. The molecule has 1 aliphatic heterocycles. The van der Waals surface area contributed by atoms with E-state index in [2.05, 4.69) is 34.3 Å². The monoisotopic (exact) mass is 407 g/mol. The highest BCUT2D eigenvalue weighted by Crippen LogP contribution is 2.39. The maximum Gasteiger partial charge on any atom is 0.146 e. The maximum absolute atomic E-state index is 5.02. The molecule has 6 heteroatoms. The van der Waals surface area contributed by atoms with Gasteiger partial charge in [0, 0.05) is 29.7 Å². The number of thiophene rings is 1. The van der Waals surface area contributed by atoms with Crippen LogP contribution in [0.2, 0.25) is 0 Å². The fourth-order valence-corrected chi connectivity index (χ4v) is 5.79. The highest BCUT2D eigenvalue weighted by Gasteiger charge is 2.23. The van der Waals surface area contributed by atoms with Gasteiger partial charge in [-0.25, -0.2) is 9.97 Å². The highest BCUT2D eigenvalue weighted by atomic mass is 32.1. The average Bonchev–Trinajstić information content (AvgIpc) is 3.31. The molecule has 5 nitrogen and oxygen atoms in total. The summed E-state index contributed by atoms with van der Waals surface area (Å²) in [5, 5.41) is 4.91. The molecular weight excluding hydrogens is 378 g/mol. The summed E-state index contributed by atoms with van der Waals surface area (Å²) in [7, 11) is 0. The van der Waals surface area contributed by atoms with Crippen LogP contribution in [0.25, 0.3) is 10.2 Å². The van der Waals surface area contributed by atoms with Crippen molar-refractivity contribution in [2.75, 3.05) is 25.0 Å². The molecule has 1 fully saturated rings. The van der Waals surface area contributed by atoms with Gasteiger partial charge in [0.05, 0.1) is 11.9 Å². The second kappa shape index (κ2) is 8.36. The normalized spacial score (nSPS) is 17.7. The SMILES string of the molecule is CC1CCN(Cc2nc(NCCc3ccccn3)c3c4c(sc3n2)CCC4)CC1. The molecule has 0 unspecified atom stereocenters. The van der Waals surface area contributed by atoms with Crippen LogP contribution in [0.3, 0.4) is 0 Å². The minimum atomic E-state index is 0.842. The minimum absolute atomic E-state index is 0.842. The minimum Gasteiger partial charge on any atom is -0.369 e. The highest BCUT2D eigenvalue weighted by molar-refractivity contribution is 7.19. The van der Waals surface area contributed by atoms with Gasteiger partial charge < -0.3 is 5.32 Å². The van der Waals surface area contributed by atoms with Crippen LogP contribution in [0.1, 0.15) is 48.1 Å². The number of aryl methyl sites for hydroxylation is 2. The van der Waals surface area contributed by atoms with Gasteiger partial charge in [0.2, 0.25) is 0 Å². The molecule has 1 aliphatic carbocycles. The predicted molar refractivity (Wildman–Crippen MR) is 120 cm³/mol. The second-order valence-electron chi connectivity index (χ2n) is 8.48. The molecule has 1 N–H and O–H groups in total. The molecule has 0 amide bonds. The van der Waals surface area contributed by atoms with Gasteiger partial charge in [-0.1, -0.05) is 13.0 Å². The zero-order valence-corrected chi connectivity index (χ0v) is 18.0. The van der Waals surface area contributed by atoms with E-state index in [-0.39, 0.29) is 0 Å². The molecular formula is C23H29N5S. The Morgan fingerprint density at radius 1 is 1.17 bits per heavy atom. The molecule has 152 valence electrons. The quantitative estimate of drug-likeness (QED) is 0.654. The average molecular weight is 408 g/mol. The molecule has 2 aliphatic rings. The van der Waals surface area contributed by atoms with Crippen molar-refractivity contribution in [2.45, 2.75) is 52.0 Å². The number of fused-ring (bicyclic) bond motifs is 3. The zero-order valence-electron chi connectivity index (χ0n) is 17.2. The summed E-state index contributed by atoms with van der Waals surface area (Å²) in [6.07, 6.45) is 8.95. The Hall–Kier alpha value is -2.05. The number of rotatable bonds is 6. The molecule has 3 aromatic rings. The van der Waals surface area contributed by atoms with Crippen molar-refractivity contribution < 1.29 is 0 Å². The lowest BCUT2D eigenvalue weighted by molar-refractivity contribution is 0.181. The van der Waals surface area contributed by atoms with Crippen LogP contribution < -0.4 is 5.32 Å². The molecule has 4 heterocycles. The van der Waals surface area contributed by atoms with Gasteiger partial charge in [-0.15, -0.1) is 11.3 Å². The van der Waals surface area contributed by atoms with Crippen LogP contribution in [0, 0.1) is 5.92 Å². The van der Waals surface area contributed by atoms with Crippen molar-refractivity contribution in [3.63, 3.8) is 0 Å². The van der Waals surface area contributed by atoms with Crippen molar-refractivity contribution in [1.29, 1.82) is 0 Å². The predicted octanol–water partition coefficient (Wildman–Crippen LogP) is 4.46. The first-order valence-corrected chi connectivity index (χ1v) is 11.7. The van der Waals surface area contributed by atoms with Crippen molar-refractivity contribution >= 4 is 27.4 Å². The van der Waals surface area contributed by atoms with E-state index in [1.807, 2.05) is 23.6 Å². The summed E-state index contributed by atoms with van der Waals surface area (Å²) in [6.45, 7) is 6.38. The van der Waals surface area contributed by atoms with E-state index < -0.39 is 0 Å². The number of hydrogen-bond donors (Lipinski definition) is 1. The summed E-state index contributed by atoms with van der Waals surface area (Å²) in [5.74, 6) is 2.84. The third-order valence-corrected chi connectivity index (χ3v) is 7.44. The molecule has 3 aromatic heterocycles. The van der Waals surface area contributed by atoms with E-state index in [4.69, 9.17) is 9.97 Å². The van der Waals surface area contributed by atoms with Gasteiger partial charge in [-0.05, 0) is 68.8 Å². The molecule has 0 saturated carbocycles. The first-order valence-electron chi connectivity index (χ1n) is 10.9. The van der Waals surface area contributed by atoms with Crippen molar-refractivity contribution in [2.24, 2.45) is 5.92 Å². The molecule has 0 atom stereocenters. The summed E-state index contributed by atoms with van der Waals surface area (Å²) in [4.78, 5) is 19.7. The number of hydrogen-bond acceptors (Lipinski definition) is 6. The Kier molecular flexibility index (Phi) is 5.46. The molecule has 0 aromatic carbocycles. The van der Waals surface area contributed by atoms with E-state index in [0.29, 0.717) is 0 Å². The Balaban J connectivity index is 1.39. The standard InChI is InChI=1S/C23H29N5S/c1-16-9-13-28(14-10-16)15-20-26-22(25-12-8-17-5-2-3-11-24-17)21-18-6-4-7-19(18)29-23(21)27-20/h2-3,5,11,16H,4,6-10,12-15H2,1H3,(H,25,26,27). The van der Waals surface area contributed by atoms with E-state index in [0.717, 1.165) is 62.3 Å². The number of likely N-dealkylation sites (tertiary alicyclic amines) is 1. The van der Waals surface area contributed by atoms with Crippen molar-refractivity contribution in [3.8, 4) is 0 Å². The van der Waals surface area contributed by atoms with Crippen LogP contribution >= 0.6 is 11.3 Å². The van der Waals surface area contributed by atoms with Gasteiger partial charge in [0.15, 0.2) is 0 Å². The number of pyridine rings is 1. The topological polar surface area (TPSA) is 53.9 Å². The molecule has 29 heavy (non-hydrogen) atoms. The van der Waals surface area contributed by atoms with Gasteiger partial charge in [-0.2, -0.15) is 0 Å². The number of anilines is 1. The van der Waals surface area contributed by atoms with Crippen LogP contribution in [-0.2, 0) is 25.8 Å². The van der Waals surface area contributed by atoms with Gasteiger partial charge >= 0.3 is 0 Å². The summed E-state index contributed by atoms with van der Waals surface area (Å²) in [6, 6.07) is 6.10. The second-order valence-corrected chi connectivity index (χ2v) is 9.57. The fraction of sp³-hybridized carbons (Fsp3) is 0.522. The Bertz CT molecular complexity index is 976. The molecule has 0 spiro atoms. The van der Waals surface area contributed by atoms with Crippen LogP contribution in [-0.4, -0.2) is 39.5 Å². The number of piperidine rings is 1. The Labute approximate surface area is 176 Å². The number of nitrogens with one attached hydrogen (secondary N) is 1. The number of nitrogens with zero attached hydrogens (tertiary/aromatic N) is 4. The lowest BCUT2D eigenvalue weighted by Gasteiger charge is -2.29. The summed E-state index contributed by atoms with van der Waals surface area (Å²) < 4.78 is 0. The molecule has 5 rings (SSSR count). The van der Waals surface area contributed by atoms with Gasteiger partial charge in [0.25, 0.3) is 0 Å². The molecule has 0 bridgehead atoms. The maximum atomic E-state index is 5.02. The van der Waals surface area contributed by atoms with Crippen LogP contribution in [0.15, 0.2) is 24.4 Å².